The summed E-state index contributed by atoms with van der Waals surface area (Å²) in [6, 6.07) is 7.68. The zero-order valence-corrected chi connectivity index (χ0v) is 11.4. The number of nitrogens with two attached hydrogens (primary N) is 1. The number of anilines is 1. The van der Waals surface area contributed by atoms with Gasteiger partial charge < -0.3 is 10.9 Å². The van der Waals surface area contributed by atoms with Crippen molar-refractivity contribution in [1.82, 2.24) is 9.97 Å². The van der Waals surface area contributed by atoms with Gasteiger partial charge in [0.2, 0.25) is 5.95 Å². The molecular formula is C14H13ClN4O. The number of oxime groups is 1. The second-order valence-corrected chi connectivity index (χ2v) is 5.23. The number of hydrogen-bond acceptors (Lipinski definition) is 5. The van der Waals surface area contributed by atoms with Crippen LogP contribution in [0.4, 0.5) is 5.95 Å². The SMILES string of the molecule is Nc1ncc2c(n1)CC(c1ccc(Cl)cc1)C/C2=N\O. The molecule has 0 saturated carbocycles. The zero-order chi connectivity index (χ0) is 14.1. The van der Waals surface area contributed by atoms with E-state index in [1.54, 1.807) is 6.20 Å². The third-order valence-electron chi connectivity index (χ3n) is 3.54. The zero-order valence-electron chi connectivity index (χ0n) is 10.6. The van der Waals surface area contributed by atoms with Crippen molar-refractivity contribution in [2.45, 2.75) is 18.8 Å². The lowest BCUT2D eigenvalue weighted by Gasteiger charge is -2.24. The molecule has 2 aromatic rings. The van der Waals surface area contributed by atoms with Crippen molar-refractivity contribution in [1.29, 1.82) is 0 Å². The van der Waals surface area contributed by atoms with Gasteiger partial charge in [-0.3, -0.25) is 0 Å². The van der Waals surface area contributed by atoms with Gasteiger partial charge in [0, 0.05) is 23.2 Å². The number of halogens is 1. The number of hydrogen-bond donors (Lipinski definition) is 2. The lowest BCUT2D eigenvalue weighted by molar-refractivity contribution is 0.316. The third-order valence-corrected chi connectivity index (χ3v) is 3.79. The Morgan fingerprint density at radius 1 is 1.25 bits per heavy atom. The molecule has 1 heterocycles. The van der Waals surface area contributed by atoms with Crippen LogP contribution in [0.15, 0.2) is 35.6 Å². The van der Waals surface area contributed by atoms with Crippen molar-refractivity contribution in [3.05, 3.63) is 52.3 Å². The average molecular weight is 289 g/mol. The van der Waals surface area contributed by atoms with Crippen LogP contribution < -0.4 is 5.73 Å². The molecule has 0 bridgehead atoms. The summed E-state index contributed by atoms with van der Waals surface area (Å²) in [6.07, 6.45) is 2.99. The molecule has 0 saturated heterocycles. The van der Waals surface area contributed by atoms with E-state index in [1.807, 2.05) is 24.3 Å². The van der Waals surface area contributed by atoms with Crippen LogP contribution in [0.3, 0.4) is 0 Å². The van der Waals surface area contributed by atoms with Gasteiger partial charge in [0.15, 0.2) is 0 Å². The molecular weight excluding hydrogens is 276 g/mol. The van der Waals surface area contributed by atoms with Crippen molar-refractivity contribution >= 4 is 23.3 Å². The molecule has 0 amide bonds. The van der Waals surface area contributed by atoms with E-state index < -0.39 is 0 Å². The first-order valence-corrected chi connectivity index (χ1v) is 6.63. The number of aromatic nitrogens is 2. The van der Waals surface area contributed by atoms with Gasteiger partial charge in [0.05, 0.1) is 11.4 Å². The summed E-state index contributed by atoms with van der Waals surface area (Å²) in [4.78, 5) is 8.21. The Morgan fingerprint density at radius 2 is 2.00 bits per heavy atom. The maximum Gasteiger partial charge on any atom is 0.220 e. The predicted molar refractivity (Wildman–Crippen MR) is 77.3 cm³/mol. The van der Waals surface area contributed by atoms with E-state index >= 15 is 0 Å². The average Bonchev–Trinajstić information content (AvgIpc) is 2.46. The normalized spacial score (nSPS) is 19.9. The van der Waals surface area contributed by atoms with Crippen molar-refractivity contribution in [2.75, 3.05) is 5.73 Å². The Labute approximate surface area is 121 Å². The van der Waals surface area contributed by atoms with Gasteiger partial charge in [-0.2, -0.15) is 0 Å². The molecule has 1 aromatic carbocycles. The van der Waals surface area contributed by atoms with Crippen molar-refractivity contribution in [3.8, 4) is 0 Å². The van der Waals surface area contributed by atoms with E-state index in [0.717, 1.165) is 23.2 Å². The Morgan fingerprint density at radius 3 is 2.70 bits per heavy atom. The third kappa shape index (κ3) is 2.32. The quantitative estimate of drug-likeness (QED) is 0.624. The largest absolute Gasteiger partial charge is 0.411 e. The fourth-order valence-electron chi connectivity index (χ4n) is 2.54. The van der Waals surface area contributed by atoms with Crippen LogP contribution in [-0.4, -0.2) is 20.9 Å². The van der Waals surface area contributed by atoms with Gasteiger partial charge in [0.1, 0.15) is 0 Å². The first-order valence-electron chi connectivity index (χ1n) is 6.25. The second kappa shape index (κ2) is 5.09. The summed E-state index contributed by atoms with van der Waals surface area (Å²) in [5.41, 5.74) is 8.94. The summed E-state index contributed by atoms with van der Waals surface area (Å²) < 4.78 is 0. The molecule has 20 heavy (non-hydrogen) atoms. The van der Waals surface area contributed by atoms with E-state index in [-0.39, 0.29) is 11.9 Å². The van der Waals surface area contributed by atoms with Gasteiger partial charge in [-0.15, -0.1) is 0 Å². The highest BCUT2D eigenvalue weighted by atomic mass is 35.5. The van der Waals surface area contributed by atoms with E-state index in [2.05, 4.69) is 15.1 Å². The van der Waals surface area contributed by atoms with E-state index in [1.165, 1.54) is 0 Å². The molecule has 6 heteroatoms. The second-order valence-electron chi connectivity index (χ2n) is 4.79. The minimum Gasteiger partial charge on any atom is -0.411 e. The van der Waals surface area contributed by atoms with Gasteiger partial charge in [0.25, 0.3) is 0 Å². The molecule has 0 radical (unpaired) electrons. The topological polar surface area (TPSA) is 84.4 Å². The molecule has 3 N–H and O–H groups in total. The molecule has 3 rings (SSSR count). The highest BCUT2D eigenvalue weighted by Crippen LogP contribution is 2.32. The molecule has 1 aromatic heterocycles. The Bertz CT molecular complexity index is 669. The first-order chi connectivity index (χ1) is 9.67. The van der Waals surface area contributed by atoms with Crippen LogP contribution in [0.5, 0.6) is 0 Å². The van der Waals surface area contributed by atoms with E-state index in [0.29, 0.717) is 17.2 Å². The van der Waals surface area contributed by atoms with Crippen molar-refractivity contribution in [2.24, 2.45) is 5.16 Å². The summed E-state index contributed by atoms with van der Waals surface area (Å²) in [6.45, 7) is 0. The fourth-order valence-corrected chi connectivity index (χ4v) is 2.67. The van der Waals surface area contributed by atoms with E-state index in [4.69, 9.17) is 17.3 Å². The smallest absolute Gasteiger partial charge is 0.220 e. The van der Waals surface area contributed by atoms with Crippen molar-refractivity contribution < 1.29 is 5.21 Å². The number of nitrogen functional groups attached to an aromatic ring is 1. The summed E-state index contributed by atoms with van der Waals surface area (Å²) in [5.74, 6) is 0.428. The molecule has 5 nitrogen and oxygen atoms in total. The molecule has 1 unspecified atom stereocenters. The molecule has 0 spiro atoms. The minimum absolute atomic E-state index is 0.194. The number of fused-ring (bicyclic) bond motifs is 1. The van der Waals surface area contributed by atoms with Crippen LogP contribution in [0.25, 0.3) is 0 Å². The van der Waals surface area contributed by atoms with E-state index in [9.17, 15) is 5.21 Å². The van der Waals surface area contributed by atoms with Crippen molar-refractivity contribution in [3.63, 3.8) is 0 Å². The summed E-state index contributed by atoms with van der Waals surface area (Å²) in [7, 11) is 0. The fraction of sp³-hybridized carbons (Fsp3) is 0.214. The molecule has 1 aliphatic rings. The lowest BCUT2D eigenvalue weighted by Crippen LogP contribution is -2.22. The van der Waals surface area contributed by atoms with Gasteiger partial charge in [-0.25, -0.2) is 9.97 Å². The molecule has 0 aliphatic heterocycles. The minimum atomic E-state index is 0.194. The molecule has 1 aliphatic carbocycles. The Balaban J connectivity index is 2.00. The van der Waals surface area contributed by atoms with Crippen LogP contribution in [-0.2, 0) is 6.42 Å². The van der Waals surface area contributed by atoms with Crippen LogP contribution in [0, 0.1) is 0 Å². The monoisotopic (exact) mass is 288 g/mol. The predicted octanol–water partition coefficient (Wildman–Crippen LogP) is 2.62. The maximum atomic E-state index is 9.20. The highest BCUT2D eigenvalue weighted by molar-refractivity contribution is 6.30. The molecule has 1 atom stereocenters. The van der Waals surface area contributed by atoms with Gasteiger partial charge in [-0.05, 0) is 30.0 Å². The standard InChI is InChI=1S/C14H13ClN4O/c15-10-3-1-8(2-4-10)9-5-12-11(13(6-9)19-20)7-17-14(16)18-12/h1-4,7,9,20H,5-6H2,(H2,16,17,18)/b19-13+. The van der Waals surface area contributed by atoms with Crippen LogP contribution in [0.2, 0.25) is 5.02 Å². The summed E-state index contributed by atoms with van der Waals surface area (Å²) >= 11 is 5.91. The Kier molecular flexibility index (Phi) is 3.28. The van der Waals surface area contributed by atoms with Crippen LogP contribution in [0.1, 0.15) is 29.2 Å². The first kappa shape index (κ1) is 12.9. The highest BCUT2D eigenvalue weighted by Gasteiger charge is 2.27. The molecule has 0 fully saturated rings. The lowest BCUT2D eigenvalue weighted by atomic mass is 9.82. The molecule has 102 valence electrons. The maximum absolute atomic E-state index is 9.20. The number of nitrogens with zero attached hydrogens (tertiary/aromatic N) is 3. The summed E-state index contributed by atoms with van der Waals surface area (Å²) in [5, 5.41) is 13.3. The number of rotatable bonds is 1. The van der Waals surface area contributed by atoms with Gasteiger partial charge >= 0.3 is 0 Å². The van der Waals surface area contributed by atoms with Crippen LogP contribution >= 0.6 is 11.6 Å². The Hall–Kier alpha value is -2.14. The van der Waals surface area contributed by atoms with Gasteiger partial charge in [-0.1, -0.05) is 28.9 Å². The number of benzene rings is 1.